The average Bonchev–Trinajstić information content (AvgIpc) is 3.26. The van der Waals surface area contributed by atoms with E-state index in [2.05, 4.69) is 35.1 Å². The Balaban J connectivity index is 1.73. The number of aromatic amines is 1. The van der Waals surface area contributed by atoms with Gasteiger partial charge in [0.05, 0.1) is 25.3 Å². The molecule has 18 nitrogen and oxygen atoms in total. The second-order valence-electron chi connectivity index (χ2n) is 6.66. The molecule has 1 aliphatic heterocycles. The second kappa shape index (κ2) is 9.96. The summed E-state index contributed by atoms with van der Waals surface area (Å²) in [6.45, 7) is -0.647. The normalized spacial score (nSPS) is 22.1. The Labute approximate surface area is 189 Å². The zero-order valence-corrected chi connectivity index (χ0v) is 19.6. The first-order chi connectivity index (χ1) is 15.7. The minimum atomic E-state index is -5.69. The van der Waals surface area contributed by atoms with Crippen molar-refractivity contribution in [3.63, 3.8) is 0 Å². The van der Waals surface area contributed by atoms with Crippen LogP contribution in [0.25, 0.3) is 11.2 Å². The molecule has 0 spiro atoms. The third kappa shape index (κ3) is 6.80. The van der Waals surface area contributed by atoms with Crippen molar-refractivity contribution in [1.29, 1.82) is 0 Å². The molecule has 1 fully saturated rings. The number of aromatic nitrogens is 4. The molecule has 1 saturated heterocycles. The zero-order chi connectivity index (χ0) is 25.3. The van der Waals surface area contributed by atoms with Gasteiger partial charge in [-0.05, 0) is 12.3 Å². The third-order valence-electron chi connectivity index (χ3n) is 4.15. The van der Waals surface area contributed by atoms with Crippen molar-refractivity contribution in [3.8, 4) is 12.0 Å². The van der Waals surface area contributed by atoms with Crippen LogP contribution in [0.2, 0.25) is 0 Å². The molecule has 34 heavy (non-hydrogen) atoms. The fraction of sp³-hybridized carbons (Fsp3) is 0.462. The number of anilines is 1. The van der Waals surface area contributed by atoms with Gasteiger partial charge < -0.3 is 40.3 Å². The monoisotopic (exact) mass is 544 g/mol. The predicted octanol–water partition coefficient (Wildman–Crippen LogP) is -2.25. The number of imidazole rings is 1. The number of H-pyrrole nitrogens is 1. The number of ether oxygens (including phenoxy) is 1. The zero-order valence-electron chi connectivity index (χ0n) is 16.9. The van der Waals surface area contributed by atoms with Crippen LogP contribution in [0.15, 0.2) is 11.1 Å². The summed E-state index contributed by atoms with van der Waals surface area (Å²) in [7, 11) is -16.7. The lowest BCUT2D eigenvalue weighted by Crippen LogP contribution is -2.39. The molecule has 3 rings (SSSR count). The number of hydrogen-bond donors (Lipinski definition) is 6. The molecule has 188 valence electrons. The van der Waals surface area contributed by atoms with Crippen LogP contribution in [0, 0.1) is 12.0 Å². The molecule has 0 aliphatic carbocycles. The molecule has 8 N–H and O–H groups in total. The smallest absolute Gasteiger partial charge is 0.487 e. The van der Waals surface area contributed by atoms with Crippen LogP contribution in [0.1, 0.15) is 19.1 Å². The van der Waals surface area contributed by atoms with Gasteiger partial charge in [0.2, 0.25) is 6.33 Å². The Hall–Kier alpha value is -1.96. The molecule has 0 bridgehead atoms. The first kappa shape index (κ1) is 26.6. The van der Waals surface area contributed by atoms with E-state index in [0.717, 1.165) is 0 Å². The summed E-state index contributed by atoms with van der Waals surface area (Å²) in [6.07, 6.45) is 0.358. The van der Waals surface area contributed by atoms with E-state index in [0.29, 0.717) is 6.42 Å². The number of fused-ring (bicyclic) bond motifs is 1. The first-order valence-corrected chi connectivity index (χ1v) is 13.6. The van der Waals surface area contributed by atoms with Gasteiger partial charge in [0, 0.05) is 6.42 Å². The summed E-state index contributed by atoms with van der Waals surface area (Å²) < 4.78 is 53.8. The minimum Gasteiger partial charge on any atom is -0.756 e. The fourth-order valence-electron chi connectivity index (χ4n) is 3.02. The lowest BCUT2D eigenvalue weighted by atomic mass is 10.2. The molecular weight excluding hydrogens is 525 g/mol. The van der Waals surface area contributed by atoms with Crippen molar-refractivity contribution < 1.29 is 55.7 Å². The highest BCUT2D eigenvalue weighted by molar-refractivity contribution is 7.66. The standard InChI is InChI=1S/C13H19N6O12P3/c14-4-1-5-18-7-19(11-10(18)12(20)17-13(15)16-11)9-3-2-8(29-9)6-28-33(24,25)31-34(26,27)30-32(21,22)23/h7-9H,2-4,6,14H2,(H6-,15,16,17,20,21,22,23,24,25,26,27)/t8-,9+/m0/s1. The van der Waals surface area contributed by atoms with Crippen molar-refractivity contribution in [3.05, 3.63) is 16.7 Å². The van der Waals surface area contributed by atoms with Crippen molar-refractivity contribution in [2.24, 2.45) is 5.73 Å². The largest absolute Gasteiger partial charge is 0.756 e. The molecule has 3 heterocycles. The Morgan fingerprint density at radius 2 is 2.03 bits per heavy atom. The van der Waals surface area contributed by atoms with Crippen molar-refractivity contribution in [1.82, 2.24) is 14.5 Å². The Bertz CT molecular complexity index is 1340. The number of nitrogens with two attached hydrogens (primary N) is 2. The van der Waals surface area contributed by atoms with E-state index in [1.165, 1.54) is 15.5 Å². The Morgan fingerprint density at radius 3 is 2.68 bits per heavy atom. The third-order valence-corrected chi connectivity index (χ3v) is 7.92. The maximum atomic E-state index is 12.3. The number of nitrogen functional groups attached to an aromatic ring is 1. The highest BCUT2D eigenvalue weighted by Gasteiger charge is 2.38. The summed E-state index contributed by atoms with van der Waals surface area (Å²) in [5.41, 5.74) is 10.6. The molecule has 0 radical (unpaired) electrons. The van der Waals surface area contributed by atoms with Gasteiger partial charge in [-0.1, -0.05) is 4.98 Å². The molecule has 21 heteroatoms. The number of rotatable bonds is 8. The summed E-state index contributed by atoms with van der Waals surface area (Å²) >= 11 is 0. The Morgan fingerprint density at radius 1 is 1.32 bits per heavy atom. The molecule has 4 atom stereocenters. The highest BCUT2D eigenvalue weighted by Crippen LogP contribution is 2.65. The van der Waals surface area contributed by atoms with Gasteiger partial charge in [-0.3, -0.25) is 14.3 Å². The van der Waals surface area contributed by atoms with E-state index in [-0.39, 0.29) is 30.1 Å². The second-order valence-corrected chi connectivity index (χ2v) is 11.0. The van der Waals surface area contributed by atoms with Gasteiger partial charge in [0.15, 0.2) is 6.23 Å². The number of phosphoric acid groups is 3. The number of nitrogens with zero attached hydrogens (tertiary/aromatic N) is 3. The highest BCUT2D eigenvalue weighted by atomic mass is 31.3. The van der Waals surface area contributed by atoms with Crippen LogP contribution < -0.4 is 26.5 Å². The summed E-state index contributed by atoms with van der Waals surface area (Å²) in [4.78, 5) is 56.7. The molecule has 2 unspecified atom stereocenters. The van der Waals surface area contributed by atoms with Crippen molar-refractivity contribution in [2.45, 2.75) is 25.2 Å². The maximum Gasteiger partial charge on any atom is 0.487 e. The van der Waals surface area contributed by atoms with Gasteiger partial charge in [-0.25, -0.2) is 18.0 Å². The predicted molar refractivity (Wildman–Crippen MR) is 108 cm³/mol. The summed E-state index contributed by atoms with van der Waals surface area (Å²) in [5, 5.41) is 0. The average molecular weight is 544 g/mol. The first-order valence-electron chi connectivity index (χ1n) is 9.13. The van der Waals surface area contributed by atoms with E-state index in [1.807, 2.05) is 0 Å². The molecule has 0 saturated carbocycles. The topological polar surface area (TPSA) is 278 Å². The maximum absolute atomic E-state index is 12.3. The van der Waals surface area contributed by atoms with Crippen LogP contribution >= 0.6 is 23.5 Å². The minimum absolute atomic E-state index is 0.0244. The van der Waals surface area contributed by atoms with Gasteiger partial charge in [-0.2, -0.15) is 8.88 Å². The van der Waals surface area contributed by atoms with E-state index >= 15 is 0 Å². The summed E-state index contributed by atoms with van der Waals surface area (Å²) in [5.74, 6) is 2.44. The van der Waals surface area contributed by atoms with Gasteiger partial charge in [-0.15, -0.1) is 0 Å². The Kier molecular flexibility index (Phi) is 7.80. The number of phosphoric ester groups is 1. The van der Waals surface area contributed by atoms with Crippen molar-refractivity contribution >= 4 is 40.6 Å². The molecule has 0 aromatic carbocycles. The number of nitrogens with one attached hydrogen (secondary N) is 1. The summed E-state index contributed by atoms with van der Waals surface area (Å²) in [6, 6.07) is 2.66. The molecular formula is C13H19N6O12P3. The van der Waals surface area contributed by atoms with Gasteiger partial charge in [0.25, 0.3) is 24.8 Å². The van der Waals surface area contributed by atoms with Gasteiger partial charge in [0.1, 0.15) is 0 Å². The molecule has 2 aromatic heterocycles. The quantitative estimate of drug-likeness (QED) is 0.116. The van der Waals surface area contributed by atoms with E-state index in [4.69, 9.17) is 30.9 Å². The number of hydrogen-bond acceptors (Lipinski definition) is 12. The molecule has 1 aliphatic rings. The molecule has 2 aromatic rings. The van der Waals surface area contributed by atoms with Crippen LogP contribution in [-0.2, 0) is 31.6 Å². The van der Waals surface area contributed by atoms with Crippen LogP contribution in [0.5, 0.6) is 0 Å². The fourth-order valence-corrected chi connectivity index (χ4v) is 6.03. The van der Waals surface area contributed by atoms with Crippen LogP contribution in [0.4, 0.5) is 5.95 Å². The van der Waals surface area contributed by atoms with E-state index in [1.54, 1.807) is 0 Å². The van der Waals surface area contributed by atoms with E-state index < -0.39 is 48.0 Å². The molecule has 0 amide bonds. The van der Waals surface area contributed by atoms with Crippen LogP contribution in [-0.4, -0.2) is 48.5 Å². The SMILES string of the molecule is NCC#Cn1c[n+]([C@H]2CC[C@@H](COP(=O)([O-])OP(=O)(O)OP(=O)(O)O)O2)c2nc(N)[nH]c(=O)c21. The lowest BCUT2D eigenvalue weighted by molar-refractivity contribution is -0.738. The van der Waals surface area contributed by atoms with Gasteiger partial charge >= 0.3 is 21.3 Å². The lowest BCUT2D eigenvalue weighted by Gasteiger charge is -2.25. The van der Waals surface area contributed by atoms with Crippen LogP contribution in [0.3, 0.4) is 0 Å². The van der Waals surface area contributed by atoms with E-state index in [9.17, 15) is 23.4 Å². The van der Waals surface area contributed by atoms with Crippen molar-refractivity contribution in [2.75, 3.05) is 18.9 Å².